The number of amides is 2. The van der Waals surface area contributed by atoms with Crippen LogP contribution in [0, 0.1) is 5.92 Å². The predicted octanol–water partition coefficient (Wildman–Crippen LogP) is 4.62. The van der Waals surface area contributed by atoms with Crippen molar-refractivity contribution in [2.45, 2.75) is 31.1 Å². The molecule has 6 heteroatoms. The summed E-state index contributed by atoms with van der Waals surface area (Å²) in [5.41, 5.74) is 2.38. The molecule has 0 unspecified atom stereocenters. The molecular weight excluding hydrogens is 406 g/mol. The summed E-state index contributed by atoms with van der Waals surface area (Å²) in [5, 5.41) is 5.94. The van der Waals surface area contributed by atoms with Gasteiger partial charge in [0.15, 0.2) is 0 Å². The number of piperidine rings is 1. The van der Waals surface area contributed by atoms with Crippen LogP contribution >= 0.6 is 11.8 Å². The van der Waals surface area contributed by atoms with Gasteiger partial charge in [0.05, 0.1) is 10.6 Å². The second-order valence-corrected chi connectivity index (χ2v) is 9.42. The normalized spacial score (nSPS) is 20.2. The Balaban J connectivity index is 1.28. The molecule has 0 saturated carbocycles. The van der Waals surface area contributed by atoms with E-state index in [9.17, 15) is 9.59 Å². The number of thioether (sulfide) groups is 1. The number of carbonyl (C=O) groups excluding carboxylic acids is 2. The van der Waals surface area contributed by atoms with Crippen LogP contribution in [0.25, 0.3) is 6.08 Å². The zero-order valence-electron chi connectivity index (χ0n) is 17.9. The van der Waals surface area contributed by atoms with Gasteiger partial charge in [-0.1, -0.05) is 43.0 Å². The van der Waals surface area contributed by atoms with E-state index in [0.717, 1.165) is 35.0 Å². The highest BCUT2D eigenvalue weighted by atomic mass is 32.2. The molecule has 2 aliphatic rings. The summed E-state index contributed by atoms with van der Waals surface area (Å²) < 4.78 is 0. The Hall–Kier alpha value is -2.57. The van der Waals surface area contributed by atoms with Crippen molar-refractivity contribution in [2.75, 3.05) is 31.5 Å². The van der Waals surface area contributed by atoms with Gasteiger partial charge in [-0.15, -0.1) is 0 Å². The van der Waals surface area contributed by atoms with Crippen molar-refractivity contribution >= 4 is 35.3 Å². The molecule has 162 valence electrons. The second-order valence-electron chi connectivity index (χ2n) is 8.34. The summed E-state index contributed by atoms with van der Waals surface area (Å²) in [7, 11) is 0. The van der Waals surface area contributed by atoms with Crippen molar-refractivity contribution in [1.82, 2.24) is 10.2 Å². The summed E-state index contributed by atoms with van der Waals surface area (Å²) in [5.74, 6) is 0.628. The molecule has 5 nitrogen and oxygen atoms in total. The molecule has 4 rings (SSSR count). The van der Waals surface area contributed by atoms with Gasteiger partial charge < -0.3 is 15.5 Å². The van der Waals surface area contributed by atoms with E-state index >= 15 is 0 Å². The minimum Gasteiger partial charge on any atom is -0.352 e. The topological polar surface area (TPSA) is 61.4 Å². The van der Waals surface area contributed by atoms with Crippen molar-refractivity contribution in [2.24, 2.45) is 5.92 Å². The Morgan fingerprint density at radius 1 is 1.23 bits per heavy atom. The summed E-state index contributed by atoms with van der Waals surface area (Å²) in [4.78, 5) is 29.0. The number of nitrogens with one attached hydrogen (secondary N) is 2. The molecule has 2 aliphatic heterocycles. The molecule has 31 heavy (non-hydrogen) atoms. The lowest BCUT2D eigenvalue weighted by Crippen LogP contribution is -2.36. The first kappa shape index (κ1) is 21.7. The number of fused-ring (bicyclic) bond motifs is 1. The van der Waals surface area contributed by atoms with Crippen molar-refractivity contribution in [3.05, 3.63) is 64.6 Å². The van der Waals surface area contributed by atoms with Crippen LogP contribution in [0.2, 0.25) is 0 Å². The van der Waals surface area contributed by atoms with Crippen molar-refractivity contribution in [3.8, 4) is 0 Å². The molecule has 0 radical (unpaired) electrons. The number of hydrogen-bond donors (Lipinski definition) is 2. The van der Waals surface area contributed by atoms with E-state index in [1.807, 2.05) is 54.6 Å². The van der Waals surface area contributed by atoms with Gasteiger partial charge in [0.2, 0.25) is 0 Å². The predicted molar refractivity (Wildman–Crippen MR) is 127 cm³/mol. The fraction of sp³-hybridized carbons (Fsp3) is 0.360. The van der Waals surface area contributed by atoms with Gasteiger partial charge in [0.1, 0.15) is 0 Å². The fourth-order valence-corrected chi connectivity index (χ4v) is 5.03. The molecular formula is C25H29N3O2S. The number of nitrogens with zero attached hydrogens (tertiary/aromatic N) is 1. The number of hydrogen-bond acceptors (Lipinski definition) is 4. The van der Waals surface area contributed by atoms with Crippen molar-refractivity contribution in [3.63, 3.8) is 0 Å². The molecule has 2 aromatic rings. The van der Waals surface area contributed by atoms with Crippen LogP contribution in [-0.2, 0) is 4.79 Å². The molecule has 1 saturated heterocycles. The zero-order chi connectivity index (χ0) is 21.6. The highest BCUT2D eigenvalue weighted by Crippen LogP contribution is 2.38. The minimum absolute atomic E-state index is 0.0510. The van der Waals surface area contributed by atoms with E-state index in [1.165, 1.54) is 37.7 Å². The van der Waals surface area contributed by atoms with Gasteiger partial charge in [-0.3, -0.25) is 9.59 Å². The van der Waals surface area contributed by atoms with Gasteiger partial charge >= 0.3 is 0 Å². The van der Waals surface area contributed by atoms with Crippen LogP contribution in [0.4, 0.5) is 5.69 Å². The smallest absolute Gasteiger partial charge is 0.262 e. The van der Waals surface area contributed by atoms with Crippen molar-refractivity contribution in [1.29, 1.82) is 0 Å². The van der Waals surface area contributed by atoms with Crippen LogP contribution < -0.4 is 10.6 Å². The standard InChI is InChI=1S/C25H29N3O2S/c1-18-6-4-14-28(17-18)15-5-13-26-24(29)20-11-9-19(10-12-20)16-23-25(30)27-21-7-2-3-8-22(21)31-23/h2-3,7-12,16,18H,4-6,13-15,17H2,1H3,(H,26,29)(H,27,30)/b23-16+/t18-/m0/s1. The number of carbonyl (C=O) groups is 2. The monoisotopic (exact) mass is 435 g/mol. The van der Waals surface area contributed by atoms with Gasteiger partial charge in [-0.2, -0.15) is 0 Å². The average Bonchev–Trinajstić information content (AvgIpc) is 2.78. The summed E-state index contributed by atoms with van der Waals surface area (Å²) in [6.07, 6.45) is 5.44. The van der Waals surface area contributed by atoms with Crippen LogP contribution in [0.15, 0.2) is 58.3 Å². The molecule has 2 N–H and O–H groups in total. The van der Waals surface area contributed by atoms with Crippen LogP contribution in [-0.4, -0.2) is 42.9 Å². The second kappa shape index (κ2) is 10.2. The Bertz CT molecular complexity index is 971. The summed E-state index contributed by atoms with van der Waals surface area (Å²) in [6, 6.07) is 15.1. The highest BCUT2D eigenvalue weighted by Gasteiger charge is 2.20. The molecule has 2 heterocycles. The van der Waals surface area contributed by atoms with Gasteiger partial charge in [-0.05, 0) is 74.2 Å². The first-order valence-corrected chi connectivity index (χ1v) is 11.8. The largest absolute Gasteiger partial charge is 0.352 e. The van der Waals surface area contributed by atoms with Gasteiger partial charge in [0, 0.05) is 23.5 Å². The third kappa shape index (κ3) is 5.77. The Morgan fingerprint density at radius 3 is 2.84 bits per heavy atom. The number of rotatable bonds is 6. The van der Waals surface area contributed by atoms with E-state index in [-0.39, 0.29) is 11.8 Å². The first-order chi connectivity index (χ1) is 15.1. The Kier molecular flexibility index (Phi) is 7.10. The lowest BCUT2D eigenvalue weighted by atomic mass is 10.0. The zero-order valence-corrected chi connectivity index (χ0v) is 18.7. The van der Waals surface area contributed by atoms with Crippen molar-refractivity contribution < 1.29 is 9.59 Å². The van der Waals surface area contributed by atoms with E-state index in [1.54, 1.807) is 0 Å². The molecule has 0 aliphatic carbocycles. The van der Waals surface area contributed by atoms with Gasteiger partial charge in [0.25, 0.3) is 11.8 Å². The Labute approximate surface area is 188 Å². The first-order valence-electron chi connectivity index (χ1n) is 11.0. The number of benzene rings is 2. The maximum atomic E-state index is 12.4. The van der Waals surface area contributed by atoms with Crippen LogP contribution in [0.3, 0.4) is 0 Å². The number of anilines is 1. The van der Waals surface area contributed by atoms with E-state index in [2.05, 4.69) is 22.5 Å². The molecule has 0 spiro atoms. The minimum atomic E-state index is -0.103. The number of likely N-dealkylation sites (tertiary alicyclic amines) is 1. The van der Waals surface area contributed by atoms with E-state index in [4.69, 9.17) is 0 Å². The highest BCUT2D eigenvalue weighted by molar-refractivity contribution is 8.04. The molecule has 2 aromatic carbocycles. The summed E-state index contributed by atoms with van der Waals surface area (Å²) in [6.45, 7) is 6.39. The molecule has 0 aromatic heterocycles. The molecule has 1 fully saturated rings. The third-order valence-corrected chi connectivity index (χ3v) is 6.83. The Morgan fingerprint density at radius 2 is 2.03 bits per heavy atom. The van der Waals surface area contributed by atoms with Crippen LogP contribution in [0.1, 0.15) is 42.1 Å². The number of para-hydroxylation sites is 1. The molecule has 1 atom stereocenters. The van der Waals surface area contributed by atoms with E-state index in [0.29, 0.717) is 17.0 Å². The maximum Gasteiger partial charge on any atom is 0.262 e. The lowest BCUT2D eigenvalue weighted by Gasteiger charge is -2.30. The average molecular weight is 436 g/mol. The summed E-state index contributed by atoms with van der Waals surface area (Å²) >= 11 is 1.46. The molecule has 2 amide bonds. The van der Waals surface area contributed by atoms with E-state index < -0.39 is 0 Å². The SMILES string of the molecule is C[C@H]1CCCN(CCCNC(=O)c2ccc(/C=C3/Sc4ccccc4NC3=O)cc2)C1. The lowest BCUT2D eigenvalue weighted by molar-refractivity contribution is -0.112. The third-order valence-electron chi connectivity index (χ3n) is 5.73. The quantitative estimate of drug-likeness (QED) is 0.513. The molecule has 0 bridgehead atoms. The fourth-order valence-electron chi connectivity index (χ4n) is 4.08. The van der Waals surface area contributed by atoms with Crippen LogP contribution in [0.5, 0.6) is 0 Å². The van der Waals surface area contributed by atoms with Gasteiger partial charge in [-0.25, -0.2) is 0 Å². The maximum absolute atomic E-state index is 12.4.